The first-order valence-corrected chi connectivity index (χ1v) is 6.48. The first-order valence-electron chi connectivity index (χ1n) is 6.48. The molecular weight excluding hydrogens is 202 g/mol. The van der Waals surface area contributed by atoms with Crippen molar-refractivity contribution in [3.8, 4) is 0 Å². The van der Waals surface area contributed by atoms with E-state index >= 15 is 0 Å². The number of hydrogen-bond donors (Lipinski definition) is 1. The Hall–Kier alpha value is -0.570. The summed E-state index contributed by atoms with van der Waals surface area (Å²) in [6.45, 7) is 7.15. The molecule has 0 aromatic rings. The van der Waals surface area contributed by atoms with Crippen LogP contribution < -0.4 is 5.32 Å². The van der Waals surface area contributed by atoms with Gasteiger partial charge in [-0.05, 0) is 37.5 Å². The Morgan fingerprint density at radius 2 is 2.00 bits per heavy atom. The summed E-state index contributed by atoms with van der Waals surface area (Å²) in [7, 11) is 0. The predicted molar refractivity (Wildman–Crippen MR) is 63.1 cm³/mol. The van der Waals surface area contributed by atoms with Crippen LogP contribution in [0.3, 0.4) is 0 Å². The molecule has 3 nitrogen and oxygen atoms in total. The molecule has 0 radical (unpaired) electrons. The van der Waals surface area contributed by atoms with Crippen molar-refractivity contribution in [1.29, 1.82) is 0 Å². The second kappa shape index (κ2) is 4.36. The quantitative estimate of drug-likeness (QED) is 0.695. The van der Waals surface area contributed by atoms with Crippen LogP contribution in [-0.2, 0) is 9.53 Å². The van der Waals surface area contributed by atoms with Gasteiger partial charge < -0.3 is 4.74 Å². The molecule has 3 heteroatoms. The molecule has 2 aliphatic rings. The minimum absolute atomic E-state index is 0.0173. The second-order valence-electron chi connectivity index (χ2n) is 5.86. The first-order chi connectivity index (χ1) is 7.53. The second-order valence-corrected chi connectivity index (χ2v) is 5.86. The maximum absolute atomic E-state index is 12.0. The van der Waals surface area contributed by atoms with Crippen molar-refractivity contribution in [1.82, 2.24) is 5.32 Å². The van der Waals surface area contributed by atoms with Gasteiger partial charge in [0.1, 0.15) is 12.1 Å². The molecule has 1 heterocycles. The Labute approximate surface area is 97.9 Å². The van der Waals surface area contributed by atoms with Gasteiger partial charge in [0.15, 0.2) is 0 Å². The van der Waals surface area contributed by atoms with Crippen LogP contribution in [0, 0.1) is 11.8 Å². The van der Waals surface area contributed by atoms with E-state index < -0.39 is 0 Å². The van der Waals surface area contributed by atoms with E-state index in [1.54, 1.807) is 0 Å². The minimum atomic E-state index is -0.361. The third-order valence-corrected chi connectivity index (χ3v) is 4.18. The van der Waals surface area contributed by atoms with Gasteiger partial charge in [-0.1, -0.05) is 20.8 Å². The molecule has 1 saturated heterocycles. The van der Waals surface area contributed by atoms with E-state index in [0.717, 1.165) is 31.6 Å². The zero-order chi connectivity index (χ0) is 11.8. The van der Waals surface area contributed by atoms with Crippen LogP contribution in [0.2, 0.25) is 0 Å². The van der Waals surface area contributed by atoms with Gasteiger partial charge in [-0.15, -0.1) is 0 Å². The third kappa shape index (κ3) is 2.10. The molecule has 1 aliphatic carbocycles. The Bertz CT molecular complexity index is 267. The maximum Gasteiger partial charge on any atom is 0.326 e. The fraction of sp³-hybridized carbons (Fsp3) is 0.923. The summed E-state index contributed by atoms with van der Waals surface area (Å²) < 4.78 is 5.38. The monoisotopic (exact) mass is 225 g/mol. The molecule has 0 aromatic heterocycles. The lowest BCUT2D eigenvalue weighted by atomic mass is 9.75. The maximum atomic E-state index is 12.0. The fourth-order valence-corrected chi connectivity index (χ4v) is 2.72. The van der Waals surface area contributed by atoms with Gasteiger partial charge >= 0.3 is 5.97 Å². The van der Waals surface area contributed by atoms with Crippen molar-refractivity contribution >= 4 is 5.97 Å². The average molecular weight is 225 g/mol. The SMILES string of the molecule is CC1CCC2(CC1)N[C@H](C(C)C)COC2=O. The largest absolute Gasteiger partial charge is 0.463 e. The van der Waals surface area contributed by atoms with E-state index in [0.29, 0.717) is 18.6 Å². The molecule has 0 aromatic carbocycles. The molecule has 16 heavy (non-hydrogen) atoms. The lowest BCUT2D eigenvalue weighted by Crippen LogP contribution is -2.64. The lowest BCUT2D eigenvalue weighted by Gasteiger charge is -2.45. The number of esters is 1. The molecule has 0 unspecified atom stereocenters. The summed E-state index contributed by atoms with van der Waals surface area (Å²) in [5.74, 6) is 1.25. The Morgan fingerprint density at radius 3 is 2.56 bits per heavy atom. The molecule has 1 aliphatic heterocycles. The summed E-state index contributed by atoms with van der Waals surface area (Å²) >= 11 is 0. The Morgan fingerprint density at radius 1 is 1.38 bits per heavy atom. The number of carbonyl (C=O) groups excluding carboxylic acids is 1. The summed E-state index contributed by atoms with van der Waals surface area (Å²) in [5, 5.41) is 3.56. The third-order valence-electron chi connectivity index (χ3n) is 4.18. The summed E-state index contributed by atoms with van der Waals surface area (Å²) in [6, 6.07) is 0.325. The highest BCUT2D eigenvalue weighted by molar-refractivity contribution is 5.81. The van der Waals surface area contributed by atoms with Crippen molar-refractivity contribution in [2.75, 3.05) is 6.61 Å². The molecule has 2 fully saturated rings. The number of nitrogens with one attached hydrogen (secondary N) is 1. The summed E-state index contributed by atoms with van der Waals surface area (Å²) in [5.41, 5.74) is -0.361. The van der Waals surface area contributed by atoms with Gasteiger partial charge in [-0.25, -0.2) is 0 Å². The lowest BCUT2D eigenvalue weighted by molar-refractivity contribution is -0.162. The van der Waals surface area contributed by atoms with Crippen molar-refractivity contribution in [3.05, 3.63) is 0 Å². The van der Waals surface area contributed by atoms with E-state index in [1.807, 2.05) is 0 Å². The van der Waals surface area contributed by atoms with Gasteiger partial charge in [0.25, 0.3) is 0 Å². The van der Waals surface area contributed by atoms with Crippen molar-refractivity contribution in [2.45, 2.75) is 58.0 Å². The smallest absolute Gasteiger partial charge is 0.326 e. The van der Waals surface area contributed by atoms with Crippen LogP contribution in [0.4, 0.5) is 0 Å². The minimum Gasteiger partial charge on any atom is -0.463 e. The van der Waals surface area contributed by atoms with E-state index in [2.05, 4.69) is 26.1 Å². The van der Waals surface area contributed by atoms with Crippen LogP contribution in [0.5, 0.6) is 0 Å². The highest BCUT2D eigenvalue weighted by Crippen LogP contribution is 2.35. The summed E-state index contributed by atoms with van der Waals surface area (Å²) in [6.07, 6.45) is 4.15. The normalized spacial score (nSPS) is 40.1. The Kier molecular flexibility index (Phi) is 3.24. The van der Waals surface area contributed by atoms with E-state index in [1.165, 1.54) is 0 Å². The average Bonchev–Trinajstić information content (AvgIpc) is 2.26. The zero-order valence-corrected chi connectivity index (χ0v) is 10.6. The van der Waals surface area contributed by atoms with Gasteiger partial charge in [0.2, 0.25) is 0 Å². The van der Waals surface area contributed by atoms with Crippen LogP contribution in [-0.4, -0.2) is 24.2 Å². The fourth-order valence-electron chi connectivity index (χ4n) is 2.72. The molecule has 92 valence electrons. The predicted octanol–water partition coefficient (Wildman–Crippen LogP) is 2.11. The molecule has 2 rings (SSSR count). The number of cyclic esters (lactones) is 1. The van der Waals surface area contributed by atoms with E-state index in [9.17, 15) is 4.79 Å². The molecule has 0 amide bonds. The van der Waals surface area contributed by atoms with E-state index in [4.69, 9.17) is 4.74 Å². The van der Waals surface area contributed by atoms with Gasteiger partial charge in [-0.2, -0.15) is 0 Å². The molecular formula is C13H23NO2. The number of ether oxygens (including phenoxy) is 1. The van der Waals surface area contributed by atoms with Crippen molar-refractivity contribution in [3.63, 3.8) is 0 Å². The van der Waals surface area contributed by atoms with Crippen LogP contribution >= 0.6 is 0 Å². The molecule has 0 bridgehead atoms. The first kappa shape index (κ1) is 11.9. The van der Waals surface area contributed by atoms with Crippen LogP contribution in [0.1, 0.15) is 46.5 Å². The molecule has 1 spiro atoms. The number of morpholine rings is 1. The van der Waals surface area contributed by atoms with E-state index in [-0.39, 0.29) is 11.5 Å². The van der Waals surface area contributed by atoms with Crippen molar-refractivity contribution in [2.24, 2.45) is 11.8 Å². The van der Waals surface area contributed by atoms with Gasteiger partial charge in [0.05, 0.1) is 0 Å². The highest BCUT2D eigenvalue weighted by atomic mass is 16.5. The number of rotatable bonds is 1. The standard InChI is InChI=1S/C13H23NO2/c1-9(2)11-8-16-12(15)13(14-11)6-4-10(3)5-7-13/h9-11,14H,4-8H2,1-3H3/t10?,11-,13?/m0/s1. The summed E-state index contributed by atoms with van der Waals surface area (Å²) in [4.78, 5) is 12.0. The van der Waals surface area contributed by atoms with Crippen molar-refractivity contribution < 1.29 is 9.53 Å². The topological polar surface area (TPSA) is 38.3 Å². The van der Waals surface area contributed by atoms with Gasteiger partial charge in [-0.3, -0.25) is 10.1 Å². The molecule has 1 atom stereocenters. The number of hydrogen-bond acceptors (Lipinski definition) is 3. The Balaban J connectivity index is 2.08. The van der Waals surface area contributed by atoms with Crippen LogP contribution in [0.25, 0.3) is 0 Å². The number of carbonyl (C=O) groups is 1. The zero-order valence-electron chi connectivity index (χ0n) is 10.6. The highest BCUT2D eigenvalue weighted by Gasteiger charge is 2.47. The molecule has 1 saturated carbocycles. The van der Waals surface area contributed by atoms with Gasteiger partial charge in [0, 0.05) is 6.04 Å². The molecule has 1 N–H and O–H groups in total. The van der Waals surface area contributed by atoms with Crippen LogP contribution in [0.15, 0.2) is 0 Å².